The molecule has 0 saturated heterocycles. The van der Waals surface area contributed by atoms with Gasteiger partial charge in [0, 0.05) is 29.9 Å². The molecule has 12 heteroatoms. The number of fused-ring (bicyclic) bond motifs is 1. The average molecular weight is 646 g/mol. The zero-order chi connectivity index (χ0) is 33.1. The van der Waals surface area contributed by atoms with Crippen molar-refractivity contribution in [3.05, 3.63) is 102 Å². The molecule has 4 atom stereocenters. The molecule has 3 amide bonds. The number of nitrogens with one attached hydrogen (secondary N) is 4. The quantitative estimate of drug-likeness (QED) is 0.0969. The number of aromatic hydroxyl groups is 1. The first-order chi connectivity index (χ1) is 22.1. The van der Waals surface area contributed by atoms with E-state index in [1.54, 1.807) is 36.4 Å². The number of aromatic nitrogens is 1. The van der Waals surface area contributed by atoms with Crippen LogP contribution < -0.4 is 21.7 Å². The molecule has 8 N–H and O–H groups in total. The summed E-state index contributed by atoms with van der Waals surface area (Å²) in [5.41, 5.74) is 9.43. The molecule has 0 aliphatic carbocycles. The van der Waals surface area contributed by atoms with Crippen LogP contribution in [0.5, 0.6) is 5.75 Å². The van der Waals surface area contributed by atoms with Gasteiger partial charge in [0.05, 0.1) is 6.04 Å². The van der Waals surface area contributed by atoms with Crippen LogP contribution in [-0.2, 0) is 38.4 Å². The van der Waals surface area contributed by atoms with Crippen molar-refractivity contribution >= 4 is 46.4 Å². The highest BCUT2D eigenvalue weighted by atomic mass is 32.2. The van der Waals surface area contributed by atoms with Crippen molar-refractivity contribution in [1.82, 2.24) is 20.9 Å². The van der Waals surface area contributed by atoms with Gasteiger partial charge in [-0.2, -0.15) is 11.8 Å². The first-order valence-electron chi connectivity index (χ1n) is 14.9. The number of carboxylic acids is 1. The van der Waals surface area contributed by atoms with E-state index in [4.69, 9.17) is 5.73 Å². The summed E-state index contributed by atoms with van der Waals surface area (Å²) < 4.78 is 0. The van der Waals surface area contributed by atoms with Crippen LogP contribution in [0.25, 0.3) is 10.9 Å². The van der Waals surface area contributed by atoms with Crippen LogP contribution in [0, 0.1) is 0 Å². The van der Waals surface area contributed by atoms with Gasteiger partial charge in [-0.15, -0.1) is 0 Å². The Morgan fingerprint density at radius 3 is 2.04 bits per heavy atom. The Kier molecular flexibility index (Phi) is 12.2. The van der Waals surface area contributed by atoms with Crippen LogP contribution in [0.3, 0.4) is 0 Å². The lowest BCUT2D eigenvalue weighted by molar-refractivity contribution is -0.142. The summed E-state index contributed by atoms with van der Waals surface area (Å²) in [6.07, 6.45) is 4.26. The highest BCUT2D eigenvalue weighted by molar-refractivity contribution is 7.98. The molecule has 4 unspecified atom stereocenters. The summed E-state index contributed by atoms with van der Waals surface area (Å²) >= 11 is 1.49. The van der Waals surface area contributed by atoms with Crippen LogP contribution in [-0.4, -0.2) is 75.1 Å². The van der Waals surface area contributed by atoms with Gasteiger partial charge in [0.25, 0.3) is 0 Å². The van der Waals surface area contributed by atoms with E-state index in [1.165, 1.54) is 23.9 Å². The summed E-state index contributed by atoms with van der Waals surface area (Å²) in [6, 6.07) is 18.3. The predicted molar refractivity (Wildman–Crippen MR) is 178 cm³/mol. The van der Waals surface area contributed by atoms with E-state index in [-0.39, 0.29) is 31.4 Å². The number of para-hydroxylation sites is 1. The number of hydrogen-bond donors (Lipinski definition) is 7. The van der Waals surface area contributed by atoms with Gasteiger partial charge in [0.1, 0.15) is 23.9 Å². The van der Waals surface area contributed by atoms with E-state index in [0.29, 0.717) is 11.3 Å². The lowest BCUT2D eigenvalue weighted by Crippen LogP contribution is -2.58. The molecule has 1 aromatic heterocycles. The Balaban J connectivity index is 1.49. The second-order valence-corrected chi connectivity index (χ2v) is 12.0. The fourth-order valence-electron chi connectivity index (χ4n) is 5.08. The van der Waals surface area contributed by atoms with E-state index in [0.717, 1.165) is 22.0 Å². The van der Waals surface area contributed by atoms with Gasteiger partial charge in [0.2, 0.25) is 17.7 Å². The minimum atomic E-state index is -1.25. The number of carbonyl (C=O) groups excluding carboxylic acids is 3. The molecular formula is C34H39N5O6S. The number of H-pyrrole nitrogens is 1. The summed E-state index contributed by atoms with van der Waals surface area (Å²) in [5.74, 6) is -2.46. The highest BCUT2D eigenvalue weighted by Crippen LogP contribution is 2.19. The van der Waals surface area contributed by atoms with Crippen LogP contribution in [0.4, 0.5) is 0 Å². The number of thioether (sulfide) groups is 1. The predicted octanol–water partition coefficient (Wildman–Crippen LogP) is 2.52. The fourth-order valence-corrected chi connectivity index (χ4v) is 5.56. The number of carbonyl (C=O) groups is 4. The second-order valence-electron chi connectivity index (χ2n) is 11.0. The van der Waals surface area contributed by atoms with Crippen molar-refractivity contribution in [1.29, 1.82) is 0 Å². The SMILES string of the molecule is CSCCC(NC(=O)C(N)Cc1c[nH]c2ccccc12)C(=O)NC(Cc1ccc(O)cc1)C(=O)NC(Cc1ccccc1)C(=O)O. The first kappa shape index (κ1) is 34.1. The molecule has 0 saturated carbocycles. The maximum atomic E-state index is 13.7. The highest BCUT2D eigenvalue weighted by Gasteiger charge is 2.31. The van der Waals surface area contributed by atoms with Crippen LogP contribution in [0.1, 0.15) is 23.1 Å². The van der Waals surface area contributed by atoms with Crippen LogP contribution in [0.15, 0.2) is 85.1 Å². The molecule has 4 rings (SSSR count). The molecule has 0 aliphatic heterocycles. The standard InChI is InChI=1S/C34H39N5O6S/c1-46-16-15-28(37-31(41)26(35)19-23-20-36-27-10-6-5-9-25(23)27)32(42)38-29(17-22-11-13-24(40)14-12-22)33(43)39-30(34(44)45)18-21-7-3-2-4-8-21/h2-14,20,26,28-30,36,40H,15-19,35H2,1H3,(H,37,41)(H,38,42)(H,39,43)(H,44,45). The number of benzene rings is 3. The van der Waals surface area contributed by atoms with Gasteiger partial charge in [-0.3, -0.25) is 14.4 Å². The molecule has 3 aromatic carbocycles. The summed E-state index contributed by atoms with van der Waals surface area (Å²) in [5, 5.41) is 28.6. The van der Waals surface area contributed by atoms with Crippen molar-refractivity contribution in [2.45, 2.75) is 49.9 Å². The molecule has 4 aromatic rings. The molecule has 242 valence electrons. The normalized spacial score (nSPS) is 13.7. The molecule has 0 fully saturated rings. The number of phenols is 1. The smallest absolute Gasteiger partial charge is 0.326 e. The third kappa shape index (κ3) is 9.59. The number of carboxylic acid groups (broad SMARTS) is 1. The van der Waals surface area contributed by atoms with Crippen LogP contribution in [0.2, 0.25) is 0 Å². The minimum Gasteiger partial charge on any atom is -0.508 e. The van der Waals surface area contributed by atoms with Crippen molar-refractivity contribution < 1.29 is 29.4 Å². The monoisotopic (exact) mass is 645 g/mol. The van der Waals surface area contributed by atoms with E-state index in [9.17, 15) is 29.4 Å². The van der Waals surface area contributed by atoms with Crippen molar-refractivity contribution in [3.8, 4) is 5.75 Å². The molecule has 46 heavy (non-hydrogen) atoms. The molecule has 1 heterocycles. The molecular weight excluding hydrogens is 606 g/mol. The van der Waals surface area contributed by atoms with Crippen LogP contribution >= 0.6 is 11.8 Å². The fraction of sp³-hybridized carbons (Fsp3) is 0.294. The summed E-state index contributed by atoms with van der Waals surface area (Å²) in [7, 11) is 0. The van der Waals surface area contributed by atoms with Gasteiger partial charge in [-0.05, 0) is 59.7 Å². The number of hydrogen-bond acceptors (Lipinski definition) is 7. The minimum absolute atomic E-state index is 0.0127. The first-order valence-corrected chi connectivity index (χ1v) is 16.3. The lowest BCUT2D eigenvalue weighted by Gasteiger charge is -2.25. The van der Waals surface area contributed by atoms with Gasteiger partial charge in [-0.1, -0.05) is 60.7 Å². The summed E-state index contributed by atoms with van der Waals surface area (Å²) in [4.78, 5) is 55.7. The van der Waals surface area contributed by atoms with Gasteiger partial charge in [-0.25, -0.2) is 4.79 Å². The van der Waals surface area contributed by atoms with E-state index in [1.807, 2.05) is 42.8 Å². The third-order valence-electron chi connectivity index (χ3n) is 7.60. The van der Waals surface area contributed by atoms with Gasteiger partial charge < -0.3 is 36.9 Å². The second kappa shape index (κ2) is 16.5. The maximum Gasteiger partial charge on any atom is 0.326 e. The van der Waals surface area contributed by atoms with Crippen molar-refractivity contribution in [2.24, 2.45) is 5.73 Å². The molecule has 0 radical (unpaired) electrons. The third-order valence-corrected chi connectivity index (χ3v) is 8.25. The lowest BCUT2D eigenvalue weighted by atomic mass is 10.0. The number of rotatable bonds is 16. The average Bonchev–Trinajstić information content (AvgIpc) is 3.46. The Bertz CT molecular complexity index is 1630. The zero-order valence-corrected chi connectivity index (χ0v) is 26.3. The molecule has 0 bridgehead atoms. The van der Waals surface area contributed by atoms with E-state index in [2.05, 4.69) is 20.9 Å². The van der Waals surface area contributed by atoms with Crippen molar-refractivity contribution in [2.75, 3.05) is 12.0 Å². The summed E-state index contributed by atoms with van der Waals surface area (Å²) in [6.45, 7) is 0. The van der Waals surface area contributed by atoms with Gasteiger partial charge in [0.15, 0.2) is 0 Å². The largest absolute Gasteiger partial charge is 0.508 e. The molecule has 0 aliphatic rings. The Morgan fingerprint density at radius 2 is 1.35 bits per heavy atom. The van der Waals surface area contributed by atoms with E-state index >= 15 is 0 Å². The number of aromatic amines is 1. The Morgan fingerprint density at radius 1 is 0.761 bits per heavy atom. The number of aliphatic carboxylic acids is 1. The molecule has 0 spiro atoms. The maximum absolute atomic E-state index is 13.7. The zero-order valence-electron chi connectivity index (χ0n) is 25.4. The number of amides is 3. The topological polar surface area (TPSA) is 187 Å². The van der Waals surface area contributed by atoms with Crippen molar-refractivity contribution in [3.63, 3.8) is 0 Å². The van der Waals surface area contributed by atoms with E-state index < -0.39 is 47.9 Å². The van der Waals surface area contributed by atoms with Gasteiger partial charge >= 0.3 is 5.97 Å². The Labute approximate surface area is 271 Å². The Hall–Kier alpha value is -4.81. The number of phenolic OH excluding ortho intramolecular Hbond substituents is 1. The molecule has 11 nitrogen and oxygen atoms in total. The number of nitrogens with two attached hydrogens (primary N) is 1.